The molecule has 1 aromatic heterocycles. The van der Waals surface area contributed by atoms with E-state index in [0.29, 0.717) is 5.56 Å². The van der Waals surface area contributed by atoms with Crippen molar-refractivity contribution in [1.29, 1.82) is 0 Å². The van der Waals surface area contributed by atoms with Crippen molar-refractivity contribution >= 4 is 0 Å². The maximum Gasteiger partial charge on any atom is 0.147 e. The number of aliphatic hydroxyl groups is 1. The van der Waals surface area contributed by atoms with Gasteiger partial charge in [-0.2, -0.15) is 0 Å². The van der Waals surface area contributed by atoms with Crippen LogP contribution < -0.4 is 0 Å². The van der Waals surface area contributed by atoms with Crippen LogP contribution in [0.25, 0.3) is 0 Å². The Bertz CT molecular complexity index is 286. The number of nitrogens with zero attached hydrogens (tertiary/aromatic N) is 1. The van der Waals surface area contributed by atoms with Crippen molar-refractivity contribution in [2.75, 3.05) is 0 Å². The number of hydrogen-bond donors (Lipinski definition) is 1. The molecule has 0 radical (unpaired) electrons. The van der Waals surface area contributed by atoms with Gasteiger partial charge in [0.25, 0.3) is 0 Å². The average Bonchev–Trinajstić information content (AvgIpc) is 2.86. The Hall–Kier alpha value is -0.960. The molecule has 2 rings (SSSR count). The summed E-state index contributed by atoms with van der Waals surface area (Å²) in [5.74, 6) is -0.140. The third-order valence-corrected chi connectivity index (χ3v) is 2.19. The molecule has 1 unspecified atom stereocenters. The van der Waals surface area contributed by atoms with Crippen LogP contribution in [0.1, 0.15) is 24.5 Å². The predicted octanol–water partition coefficient (Wildman–Crippen LogP) is 1.66. The second-order valence-electron chi connectivity index (χ2n) is 3.18. The molecule has 64 valence electrons. The smallest absolute Gasteiger partial charge is 0.147 e. The van der Waals surface area contributed by atoms with Crippen molar-refractivity contribution < 1.29 is 9.50 Å². The molecule has 1 heterocycles. The van der Waals surface area contributed by atoms with Crippen molar-refractivity contribution in [1.82, 2.24) is 4.98 Å². The highest BCUT2D eigenvalue weighted by molar-refractivity contribution is 5.17. The van der Waals surface area contributed by atoms with Gasteiger partial charge in [-0.05, 0) is 24.8 Å². The molecule has 0 spiro atoms. The summed E-state index contributed by atoms with van der Waals surface area (Å²) in [5, 5.41) is 9.57. The summed E-state index contributed by atoms with van der Waals surface area (Å²) in [5.41, 5.74) is 0.382. The molecule has 2 nitrogen and oxygen atoms in total. The Labute approximate surface area is 70.1 Å². The van der Waals surface area contributed by atoms with Gasteiger partial charge in [-0.15, -0.1) is 0 Å². The molecular formula is C9H10FNO. The van der Waals surface area contributed by atoms with Gasteiger partial charge in [-0.1, -0.05) is 0 Å². The minimum atomic E-state index is -0.631. The molecule has 1 N–H and O–H groups in total. The molecule has 1 aliphatic carbocycles. The van der Waals surface area contributed by atoms with E-state index < -0.39 is 11.9 Å². The van der Waals surface area contributed by atoms with E-state index in [9.17, 15) is 9.50 Å². The molecule has 0 bridgehead atoms. The van der Waals surface area contributed by atoms with Crippen molar-refractivity contribution in [3.63, 3.8) is 0 Å². The van der Waals surface area contributed by atoms with Crippen LogP contribution in [0.2, 0.25) is 0 Å². The number of aromatic nitrogens is 1. The Kier molecular flexibility index (Phi) is 1.81. The Morgan fingerprint density at radius 3 is 2.92 bits per heavy atom. The molecule has 12 heavy (non-hydrogen) atoms. The van der Waals surface area contributed by atoms with E-state index in [-0.39, 0.29) is 5.92 Å². The SMILES string of the molecule is OC(c1ccncc1F)C1CC1. The first-order chi connectivity index (χ1) is 5.79. The number of aliphatic hydroxyl groups excluding tert-OH is 1. The maximum absolute atomic E-state index is 13.0. The lowest BCUT2D eigenvalue weighted by molar-refractivity contribution is 0.149. The molecule has 1 aromatic rings. The zero-order valence-corrected chi connectivity index (χ0v) is 6.57. The first kappa shape index (κ1) is 7.68. The number of rotatable bonds is 2. The van der Waals surface area contributed by atoms with E-state index in [1.807, 2.05) is 0 Å². The van der Waals surface area contributed by atoms with Crippen LogP contribution in [0, 0.1) is 11.7 Å². The van der Waals surface area contributed by atoms with Crippen molar-refractivity contribution in [3.8, 4) is 0 Å². The Morgan fingerprint density at radius 1 is 1.58 bits per heavy atom. The molecule has 1 saturated carbocycles. The fourth-order valence-electron chi connectivity index (χ4n) is 1.29. The molecule has 1 atom stereocenters. The third-order valence-electron chi connectivity index (χ3n) is 2.19. The molecule has 0 aromatic carbocycles. The largest absolute Gasteiger partial charge is 0.388 e. The number of hydrogen-bond acceptors (Lipinski definition) is 2. The predicted molar refractivity (Wildman–Crippen MR) is 41.9 cm³/mol. The quantitative estimate of drug-likeness (QED) is 0.726. The summed E-state index contributed by atoms with van der Waals surface area (Å²) in [6.07, 6.45) is 4.02. The maximum atomic E-state index is 13.0. The van der Waals surface area contributed by atoms with Crippen molar-refractivity contribution in [2.24, 2.45) is 5.92 Å². The van der Waals surface area contributed by atoms with E-state index in [4.69, 9.17) is 0 Å². The average molecular weight is 167 g/mol. The summed E-state index contributed by atoms with van der Waals surface area (Å²) < 4.78 is 13.0. The normalized spacial score (nSPS) is 19.2. The van der Waals surface area contributed by atoms with Gasteiger partial charge < -0.3 is 5.11 Å². The molecular weight excluding hydrogens is 157 g/mol. The van der Waals surface area contributed by atoms with Crippen LogP contribution >= 0.6 is 0 Å². The van der Waals surface area contributed by atoms with E-state index in [1.165, 1.54) is 6.20 Å². The fourth-order valence-corrected chi connectivity index (χ4v) is 1.29. The highest BCUT2D eigenvalue weighted by atomic mass is 19.1. The van der Waals surface area contributed by atoms with Gasteiger partial charge in [0, 0.05) is 11.8 Å². The molecule has 0 aliphatic heterocycles. The van der Waals surface area contributed by atoms with E-state index in [1.54, 1.807) is 6.07 Å². The fraction of sp³-hybridized carbons (Fsp3) is 0.444. The van der Waals surface area contributed by atoms with Gasteiger partial charge in [-0.25, -0.2) is 4.39 Å². The topological polar surface area (TPSA) is 33.1 Å². The lowest BCUT2D eigenvalue weighted by atomic mass is 10.1. The summed E-state index contributed by atoms with van der Waals surface area (Å²) in [6.45, 7) is 0. The lowest BCUT2D eigenvalue weighted by Gasteiger charge is -2.09. The van der Waals surface area contributed by atoms with Gasteiger partial charge in [0.2, 0.25) is 0 Å². The van der Waals surface area contributed by atoms with Gasteiger partial charge in [-0.3, -0.25) is 4.98 Å². The van der Waals surface area contributed by atoms with Crippen molar-refractivity contribution in [3.05, 3.63) is 29.8 Å². The monoisotopic (exact) mass is 167 g/mol. The van der Waals surface area contributed by atoms with Crippen LogP contribution in [0.4, 0.5) is 4.39 Å². The second kappa shape index (κ2) is 2.83. The minimum Gasteiger partial charge on any atom is -0.388 e. The number of pyridine rings is 1. The first-order valence-corrected chi connectivity index (χ1v) is 4.06. The first-order valence-electron chi connectivity index (χ1n) is 4.06. The Balaban J connectivity index is 2.25. The van der Waals surface area contributed by atoms with Crippen LogP contribution in [0.15, 0.2) is 18.5 Å². The summed E-state index contributed by atoms with van der Waals surface area (Å²) in [7, 11) is 0. The minimum absolute atomic E-state index is 0.266. The summed E-state index contributed by atoms with van der Waals surface area (Å²) in [6, 6.07) is 1.54. The van der Waals surface area contributed by atoms with Crippen LogP contribution in [-0.2, 0) is 0 Å². The van der Waals surface area contributed by atoms with Crippen LogP contribution in [0.5, 0.6) is 0 Å². The molecule has 1 fully saturated rings. The number of halogens is 1. The highest BCUT2D eigenvalue weighted by Crippen LogP contribution is 2.41. The van der Waals surface area contributed by atoms with Crippen LogP contribution in [-0.4, -0.2) is 10.1 Å². The zero-order valence-electron chi connectivity index (χ0n) is 6.57. The lowest BCUT2D eigenvalue weighted by Crippen LogP contribution is -2.02. The molecule has 1 aliphatic rings. The summed E-state index contributed by atoms with van der Waals surface area (Å²) in [4.78, 5) is 3.62. The standard InChI is InChI=1S/C9H10FNO/c10-8-5-11-4-3-7(8)9(12)6-1-2-6/h3-6,9,12H,1-2H2. The molecule has 3 heteroatoms. The molecule has 0 saturated heterocycles. The molecule has 0 amide bonds. The van der Waals surface area contributed by atoms with E-state index in [2.05, 4.69) is 4.98 Å². The van der Waals surface area contributed by atoms with Gasteiger partial charge in [0.15, 0.2) is 0 Å². The van der Waals surface area contributed by atoms with Crippen molar-refractivity contribution in [2.45, 2.75) is 18.9 Å². The highest BCUT2D eigenvalue weighted by Gasteiger charge is 2.32. The van der Waals surface area contributed by atoms with Gasteiger partial charge >= 0.3 is 0 Å². The van der Waals surface area contributed by atoms with E-state index in [0.717, 1.165) is 19.0 Å². The Morgan fingerprint density at radius 2 is 2.33 bits per heavy atom. The van der Waals surface area contributed by atoms with Crippen LogP contribution in [0.3, 0.4) is 0 Å². The van der Waals surface area contributed by atoms with E-state index >= 15 is 0 Å². The second-order valence-corrected chi connectivity index (χ2v) is 3.18. The van der Waals surface area contributed by atoms with Gasteiger partial charge in [0.05, 0.1) is 12.3 Å². The summed E-state index contributed by atoms with van der Waals surface area (Å²) >= 11 is 0. The van der Waals surface area contributed by atoms with Gasteiger partial charge in [0.1, 0.15) is 5.82 Å². The zero-order chi connectivity index (χ0) is 8.55. The third kappa shape index (κ3) is 1.32.